The number of nitrogens with two attached hydrogens (primary N) is 1. The van der Waals surface area contributed by atoms with E-state index in [1.54, 1.807) is 0 Å². The molecule has 2 aromatic carbocycles. The van der Waals surface area contributed by atoms with Gasteiger partial charge >= 0.3 is 0 Å². The SMILES string of the molecule is NCC1(C(=O)Nc2ccc(Oc3ccccc3)cc2)CC1. The lowest BCUT2D eigenvalue weighted by atomic mass is 10.1. The van der Waals surface area contributed by atoms with Gasteiger partial charge in [0.25, 0.3) is 0 Å². The van der Waals surface area contributed by atoms with E-state index >= 15 is 0 Å². The predicted octanol–water partition coefficient (Wildman–Crippen LogP) is 3.16. The molecule has 4 heteroatoms. The molecule has 1 aliphatic carbocycles. The summed E-state index contributed by atoms with van der Waals surface area (Å²) in [6.07, 6.45) is 1.76. The topological polar surface area (TPSA) is 64.4 Å². The van der Waals surface area contributed by atoms with Gasteiger partial charge in [-0.05, 0) is 49.2 Å². The van der Waals surface area contributed by atoms with E-state index in [0.717, 1.165) is 30.0 Å². The highest BCUT2D eigenvalue weighted by atomic mass is 16.5. The Kier molecular flexibility index (Phi) is 3.62. The number of nitrogens with one attached hydrogen (secondary N) is 1. The Balaban J connectivity index is 1.63. The molecule has 21 heavy (non-hydrogen) atoms. The van der Waals surface area contributed by atoms with Gasteiger partial charge in [0.05, 0.1) is 5.41 Å². The van der Waals surface area contributed by atoms with E-state index < -0.39 is 0 Å². The average molecular weight is 282 g/mol. The third-order valence-electron chi connectivity index (χ3n) is 3.82. The maximum absolute atomic E-state index is 12.1. The summed E-state index contributed by atoms with van der Waals surface area (Å²) in [4.78, 5) is 12.1. The number of hydrogen-bond acceptors (Lipinski definition) is 3. The first kappa shape index (κ1) is 13.6. The normalized spacial score (nSPS) is 15.3. The second-order valence-corrected chi connectivity index (χ2v) is 5.38. The van der Waals surface area contributed by atoms with Gasteiger partial charge in [0, 0.05) is 12.2 Å². The number of rotatable bonds is 5. The van der Waals surface area contributed by atoms with Crippen LogP contribution in [-0.2, 0) is 4.79 Å². The van der Waals surface area contributed by atoms with Crippen molar-refractivity contribution >= 4 is 11.6 Å². The fraction of sp³-hybridized carbons (Fsp3) is 0.235. The number of hydrogen-bond donors (Lipinski definition) is 2. The van der Waals surface area contributed by atoms with Crippen LogP contribution in [0.1, 0.15) is 12.8 Å². The molecule has 0 heterocycles. The molecule has 4 nitrogen and oxygen atoms in total. The largest absolute Gasteiger partial charge is 0.457 e. The fourth-order valence-electron chi connectivity index (χ4n) is 2.17. The van der Waals surface area contributed by atoms with Gasteiger partial charge in [-0.25, -0.2) is 0 Å². The average Bonchev–Trinajstić information content (AvgIpc) is 3.31. The summed E-state index contributed by atoms with van der Waals surface area (Å²) in [5, 5.41) is 2.91. The van der Waals surface area contributed by atoms with Gasteiger partial charge in [0.2, 0.25) is 5.91 Å². The van der Waals surface area contributed by atoms with Gasteiger partial charge in [-0.2, -0.15) is 0 Å². The van der Waals surface area contributed by atoms with Crippen LogP contribution in [-0.4, -0.2) is 12.5 Å². The van der Waals surface area contributed by atoms with Crippen LogP contribution in [0.4, 0.5) is 5.69 Å². The number of benzene rings is 2. The molecule has 0 aliphatic heterocycles. The van der Waals surface area contributed by atoms with Gasteiger partial charge < -0.3 is 15.8 Å². The van der Waals surface area contributed by atoms with Crippen LogP contribution in [0.3, 0.4) is 0 Å². The first-order valence-corrected chi connectivity index (χ1v) is 7.06. The number of ether oxygens (including phenoxy) is 1. The quantitative estimate of drug-likeness (QED) is 0.885. The lowest BCUT2D eigenvalue weighted by Gasteiger charge is -2.13. The number of amides is 1. The molecule has 1 amide bonds. The third-order valence-corrected chi connectivity index (χ3v) is 3.82. The Morgan fingerprint density at radius 3 is 2.24 bits per heavy atom. The van der Waals surface area contributed by atoms with Crippen molar-refractivity contribution in [1.29, 1.82) is 0 Å². The fourth-order valence-corrected chi connectivity index (χ4v) is 2.17. The van der Waals surface area contributed by atoms with Crippen molar-refractivity contribution in [3.05, 3.63) is 54.6 Å². The molecule has 0 bridgehead atoms. The Labute approximate surface area is 123 Å². The van der Waals surface area contributed by atoms with Gasteiger partial charge in [0.15, 0.2) is 0 Å². The van der Waals surface area contributed by atoms with E-state index in [4.69, 9.17) is 10.5 Å². The number of para-hydroxylation sites is 1. The zero-order chi connectivity index (χ0) is 14.7. The Morgan fingerprint density at radius 1 is 1.05 bits per heavy atom. The third kappa shape index (κ3) is 3.06. The minimum Gasteiger partial charge on any atom is -0.457 e. The Bertz CT molecular complexity index is 619. The lowest BCUT2D eigenvalue weighted by Crippen LogP contribution is -2.30. The van der Waals surface area contributed by atoms with Crippen molar-refractivity contribution in [3.8, 4) is 11.5 Å². The highest BCUT2D eigenvalue weighted by Crippen LogP contribution is 2.45. The van der Waals surface area contributed by atoms with Crippen molar-refractivity contribution in [2.45, 2.75) is 12.8 Å². The molecular weight excluding hydrogens is 264 g/mol. The predicted molar refractivity (Wildman–Crippen MR) is 82.3 cm³/mol. The Hall–Kier alpha value is -2.33. The first-order valence-electron chi connectivity index (χ1n) is 7.06. The molecule has 0 radical (unpaired) electrons. The number of anilines is 1. The van der Waals surface area contributed by atoms with Gasteiger partial charge in [0.1, 0.15) is 11.5 Å². The van der Waals surface area contributed by atoms with Crippen LogP contribution in [0.5, 0.6) is 11.5 Å². The summed E-state index contributed by atoms with van der Waals surface area (Å²) < 4.78 is 5.71. The van der Waals surface area contributed by atoms with E-state index in [0.29, 0.717) is 6.54 Å². The standard InChI is InChI=1S/C17H18N2O2/c18-12-17(10-11-17)16(20)19-13-6-8-15(9-7-13)21-14-4-2-1-3-5-14/h1-9H,10-12,18H2,(H,19,20). The monoisotopic (exact) mass is 282 g/mol. The molecule has 3 rings (SSSR count). The highest BCUT2D eigenvalue weighted by Gasteiger charge is 2.48. The van der Waals surface area contributed by atoms with E-state index in [-0.39, 0.29) is 11.3 Å². The van der Waals surface area contributed by atoms with E-state index in [2.05, 4.69) is 5.32 Å². The van der Waals surface area contributed by atoms with Crippen molar-refractivity contribution < 1.29 is 9.53 Å². The molecule has 1 fully saturated rings. The van der Waals surface area contributed by atoms with Crippen molar-refractivity contribution in [3.63, 3.8) is 0 Å². The second kappa shape index (κ2) is 5.58. The minimum atomic E-state index is -0.334. The maximum atomic E-state index is 12.1. The van der Waals surface area contributed by atoms with Crippen LogP contribution in [0.2, 0.25) is 0 Å². The van der Waals surface area contributed by atoms with Crippen molar-refractivity contribution in [2.75, 3.05) is 11.9 Å². The molecular formula is C17H18N2O2. The van der Waals surface area contributed by atoms with Crippen LogP contribution in [0.25, 0.3) is 0 Å². The van der Waals surface area contributed by atoms with Crippen LogP contribution >= 0.6 is 0 Å². The molecule has 0 atom stereocenters. The Morgan fingerprint density at radius 2 is 1.67 bits per heavy atom. The summed E-state index contributed by atoms with van der Waals surface area (Å²) in [5.41, 5.74) is 6.08. The molecule has 0 saturated heterocycles. The smallest absolute Gasteiger partial charge is 0.231 e. The maximum Gasteiger partial charge on any atom is 0.231 e. The number of carbonyl (C=O) groups is 1. The second-order valence-electron chi connectivity index (χ2n) is 5.38. The van der Waals surface area contributed by atoms with Gasteiger partial charge in [-0.3, -0.25) is 4.79 Å². The lowest BCUT2D eigenvalue weighted by molar-refractivity contribution is -0.120. The zero-order valence-electron chi connectivity index (χ0n) is 11.7. The summed E-state index contributed by atoms with van der Waals surface area (Å²) in [7, 11) is 0. The summed E-state index contributed by atoms with van der Waals surface area (Å²) in [5.74, 6) is 1.54. The van der Waals surface area contributed by atoms with Crippen LogP contribution < -0.4 is 15.8 Å². The molecule has 0 aromatic heterocycles. The van der Waals surface area contributed by atoms with E-state index in [1.165, 1.54) is 0 Å². The summed E-state index contributed by atoms with van der Waals surface area (Å²) in [6, 6.07) is 16.9. The molecule has 1 saturated carbocycles. The van der Waals surface area contributed by atoms with E-state index in [1.807, 2.05) is 54.6 Å². The molecule has 1 aliphatic rings. The molecule has 108 valence electrons. The van der Waals surface area contributed by atoms with Crippen molar-refractivity contribution in [2.24, 2.45) is 11.1 Å². The van der Waals surface area contributed by atoms with Crippen molar-refractivity contribution in [1.82, 2.24) is 0 Å². The summed E-state index contributed by atoms with van der Waals surface area (Å²) >= 11 is 0. The van der Waals surface area contributed by atoms with E-state index in [9.17, 15) is 4.79 Å². The van der Waals surface area contributed by atoms with Crippen LogP contribution in [0.15, 0.2) is 54.6 Å². The molecule has 3 N–H and O–H groups in total. The number of carbonyl (C=O) groups excluding carboxylic acids is 1. The minimum absolute atomic E-state index is 0.0155. The van der Waals surface area contributed by atoms with Gasteiger partial charge in [-0.15, -0.1) is 0 Å². The summed E-state index contributed by atoms with van der Waals surface area (Å²) in [6.45, 7) is 0.411. The molecule has 2 aromatic rings. The van der Waals surface area contributed by atoms with Gasteiger partial charge in [-0.1, -0.05) is 18.2 Å². The van der Waals surface area contributed by atoms with Crippen LogP contribution in [0, 0.1) is 5.41 Å². The zero-order valence-corrected chi connectivity index (χ0v) is 11.7. The molecule has 0 unspecified atom stereocenters. The highest BCUT2D eigenvalue weighted by molar-refractivity contribution is 5.97. The molecule has 0 spiro atoms. The first-order chi connectivity index (χ1) is 10.2.